The molecule has 10 rings (SSSR count). The number of benzene rings is 2. The van der Waals surface area contributed by atoms with Gasteiger partial charge < -0.3 is 40.6 Å². The second-order valence-electron chi connectivity index (χ2n) is 18.5. The second-order valence-corrected chi connectivity index (χ2v) is 18.5. The van der Waals surface area contributed by atoms with Crippen molar-refractivity contribution in [1.82, 2.24) is 40.3 Å². The number of pyridine rings is 4. The average molecular weight is 1240 g/mol. The van der Waals surface area contributed by atoms with Crippen molar-refractivity contribution in [1.29, 1.82) is 0 Å². The predicted octanol–water partition coefficient (Wildman–Crippen LogP) is 10.3. The van der Waals surface area contributed by atoms with E-state index < -0.39 is 0 Å². The fourth-order valence-electron chi connectivity index (χ4n) is 9.26. The van der Waals surface area contributed by atoms with Crippen LogP contribution in [0.15, 0.2) is 116 Å². The summed E-state index contributed by atoms with van der Waals surface area (Å²) in [5.74, 6) is -0.158. The van der Waals surface area contributed by atoms with E-state index in [0.29, 0.717) is 43.2 Å². The standard InChI is InChI=1S/C28H28N5O.C24H24N5O.2Pt/c1-27(2)20-11-13-28(27,3)25-22(20)24(32-33-25)23-19-9-5-4-8-17(19)16-18(31-23)12-15-30-26(34)21-10-6-7-14-29-21;1-24(2,3)21-15-20(28-29-21)22-18-9-5-4-8-16(18)14-17(27-22)11-13-26-23(30)19-10-6-7-12-25-19;;/h4-10,14,16,20H,11-13,15H2,1-3H3,(H-,30,31,32,33,34);4-10,12,14-15H,11,13H2,1-3H3,(H-,26,27,28,29,30);;/q2*-1;2*+2/p-2. The second kappa shape index (κ2) is 19.6. The molecular formula is C52H50N10O2Pt2. The van der Waals surface area contributed by atoms with Crippen molar-refractivity contribution < 1.29 is 51.7 Å². The summed E-state index contributed by atoms with van der Waals surface area (Å²) in [7, 11) is 0. The molecule has 8 aromatic rings. The van der Waals surface area contributed by atoms with Crippen LogP contribution in [0.5, 0.6) is 0 Å². The third-order valence-corrected chi connectivity index (χ3v) is 13.2. The Balaban J connectivity index is 0.000000192. The van der Waals surface area contributed by atoms with Gasteiger partial charge in [-0.3, -0.25) is 19.9 Å². The molecule has 66 heavy (non-hydrogen) atoms. The summed E-state index contributed by atoms with van der Waals surface area (Å²) in [6.07, 6.45) is 6.65. The summed E-state index contributed by atoms with van der Waals surface area (Å²) in [6.45, 7) is 14.1. The Hall–Kier alpha value is -5.70. The van der Waals surface area contributed by atoms with Gasteiger partial charge in [0.25, 0.3) is 0 Å². The third kappa shape index (κ3) is 9.32. The molecule has 2 aromatic carbocycles. The quantitative estimate of drug-likeness (QED) is 0.129. The zero-order valence-corrected chi connectivity index (χ0v) is 42.3. The largest absolute Gasteiger partial charge is 2.00 e. The summed E-state index contributed by atoms with van der Waals surface area (Å²) < 4.78 is 0. The first-order valence-electron chi connectivity index (χ1n) is 21.9. The molecule has 0 aliphatic heterocycles. The number of hydrogen-bond acceptors (Lipinski definition) is 8. The molecule has 0 radical (unpaired) electrons. The molecule has 6 aromatic heterocycles. The summed E-state index contributed by atoms with van der Waals surface area (Å²) in [4.78, 5) is 42.5. The van der Waals surface area contributed by atoms with Crippen LogP contribution in [0.3, 0.4) is 0 Å². The Morgan fingerprint density at radius 2 is 1.21 bits per heavy atom. The number of nitrogens with zero attached hydrogens (tertiary/aromatic N) is 10. The van der Waals surface area contributed by atoms with Gasteiger partial charge in [0, 0.05) is 56.8 Å². The first kappa shape index (κ1) is 48.2. The minimum atomic E-state index is -0.312. The maximum absolute atomic E-state index is 12.3. The SMILES string of the molecule is CC(C)(C)c1cc(-c2nc(CC[N-]C(=O)c3ccccn3)cc3ccccc23)[n-]n1.CC12CCC(c3c1n[n-]c3-c1nc(CC[N-]C(=O)c3ccccn3)cc3ccccc13)C2(C)C.[Pt+2].[Pt+2]. The molecule has 2 amide bonds. The molecule has 6 heterocycles. The van der Waals surface area contributed by atoms with Gasteiger partial charge in [-0.1, -0.05) is 120 Å². The van der Waals surface area contributed by atoms with Gasteiger partial charge in [-0.25, -0.2) is 0 Å². The number of fused-ring (bicyclic) bond motifs is 7. The van der Waals surface area contributed by atoms with Crippen LogP contribution in [-0.4, -0.2) is 55.0 Å². The Kier molecular flexibility index (Phi) is 14.4. The minimum absolute atomic E-state index is 0. The van der Waals surface area contributed by atoms with Crippen molar-refractivity contribution >= 4 is 33.4 Å². The number of amides is 2. The number of rotatable bonds is 10. The van der Waals surface area contributed by atoms with Crippen LogP contribution in [0.1, 0.15) is 110 Å². The summed E-state index contributed by atoms with van der Waals surface area (Å²) >= 11 is 0. The fraction of sp³-hybridized carbons (Fsp3) is 0.308. The molecule has 0 saturated heterocycles. The van der Waals surface area contributed by atoms with Crippen molar-refractivity contribution in [2.45, 2.75) is 84.0 Å². The van der Waals surface area contributed by atoms with E-state index in [-0.39, 0.29) is 70.2 Å². The Bertz CT molecular complexity index is 3000. The molecule has 14 heteroatoms. The first-order chi connectivity index (χ1) is 30.8. The Labute approximate surface area is 414 Å². The molecule has 0 spiro atoms. The van der Waals surface area contributed by atoms with Crippen molar-refractivity contribution in [2.24, 2.45) is 5.41 Å². The van der Waals surface area contributed by atoms with Crippen LogP contribution in [0.2, 0.25) is 0 Å². The van der Waals surface area contributed by atoms with E-state index in [1.807, 2.05) is 42.5 Å². The smallest absolute Gasteiger partial charge is 0.647 e. The molecule has 1 fully saturated rings. The monoisotopic (exact) mass is 1240 g/mol. The van der Waals surface area contributed by atoms with E-state index in [0.717, 1.165) is 73.5 Å². The fourth-order valence-corrected chi connectivity index (χ4v) is 9.26. The third-order valence-electron chi connectivity index (χ3n) is 13.2. The van der Waals surface area contributed by atoms with Crippen molar-refractivity contribution in [3.05, 3.63) is 166 Å². The molecule has 12 nitrogen and oxygen atoms in total. The van der Waals surface area contributed by atoms with Crippen LogP contribution >= 0.6 is 0 Å². The van der Waals surface area contributed by atoms with Crippen molar-refractivity contribution in [2.75, 3.05) is 13.1 Å². The molecular weight excluding hydrogens is 1190 g/mol. The Morgan fingerprint density at radius 1 is 0.682 bits per heavy atom. The molecule has 2 unspecified atom stereocenters. The molecule has 0 N–H and O–H groups in total. The number of hydrogen-bond donors (Lipinski definition) is 0. The number of aromatic nitrogens is 8. The van der Waals surface area contributed by atoms with E-state index in [4.69, 9.17) is 20.2 Å². The van der Waals surface area contributed by atoms with E-state index in [1.165, 1.54) is 12.0 Å². The van der Waals surface area contributed by atoms with Crippen molar-refractivity contribution in [3.63, 3.8) is 0 Å². The molecule has 1 saturated carbocycles. The number of carbonyl (C=O) groups is 2. The Morgan fingerprint density at radius 3 is 1.74 bits per heavy atom. The van der Waals surface area contributed by atoms with Crippen LogP contribution < -0.4 is 10.2 Å². The molecule has 2 atom stereocenters. The molecule has 340 valence electrons. The molecule has 2 aliphatic rings. The van der Waals surface area contributed by atoms with Gasteiger partial charge in [0.1, 0.15) is 11.8 Å². The maximum Gasteiger partial charge on any atom is 2.00 e. The maximum atomic E-state index is 12.3. The summed E-state index contributed by atoms with van der Waals surface area (Å²) in [5, 5.41) is 30.8. The van der Waals surface area contributed by atoms with Gasteiger partial charge in [-0.15, -0.1) is 13.1 Å². The minimum Gasteiger partial charge on any atom is -0.647 e. The van der Waals surface area contributed by atoms with E-state index in [2.05, 4.69) is 96.6 Å². The normalized spacial score (nSPS) is 16.7. The van der Waals surface area contributed by atoms with Crippen LogP contribution in [0, 0.1) is 5.41 Å². The topological polar surface area (TPSA) is 168 Å². The predicted molar refractivity (Wildman–Crippen MR) is 249 cm³/mol. The van der Waals surface area contributed by atoms with Crippen LogP contribution in [0.4, 0.5) is 0 Å². The van der Waals surface area contributed by atoms with Gasteiger partial charge in [0.05, 0.1) is 22.8 Å². The van der Waals surface area contributed by atoms with Gasteiger partial charge in [-0.2, -0.15) is 0 Å². The van der Waals surface area contributed by atoms with Crippen LogP contribution in [0.25, 0.3) is 55.0 Å². The van der Waals surface area contributed by atoms with Crippen molar-refractivity contribution in [3.8, 4) is 22.8 Å². The first-order valence-corrected chi connectivity index (χ1v) is 21.9. The summed E-state index contributed by atoms with van der Waals surface area (Å²) in [6, 6.07) is 33.0. The zero-order valence-electron chi connectivity index (χ0n) is 37.7. The van der Waals surface area contributed by atoms with Crippen LogP contribution in [-0.2, 0) is 65.8 Å². The van der Waals surface area contributed by atoms with E-state index >= 15 is 0 Å². The van der Waals surface area contributed by atoms with Gasteiger partial charge in [0.2, 0.25) is 0 Å². The van der Waals surface area contributed by atoms with Gasteiger partial charge >= 0.3 is 42.1 Å². The van der Waals surface area contributed by atoms with Gasteiger partial charge in [0.15, 0.2) is 0 Å². The van der Waals surface area contributed by atoms with E-state index in [9.17, 15) is 9.59 Å². The summed E-state index contributed by atoms with van der Waals surface area (Å²) in [5.41, 5.74) is 9.42. The molecule has 2 aliphatic carbocycles. The number of carbonyl (C=O) groups excluding carboxylic acids is 2. The van der Waals surface area contributed by atoms with E-state index in [1.54, 1.807) is 48.8 Å². The average Bonchev–Trinajstić information content (AvgIpc) is 4.07. The zero-order chi connectivity index (χ0) is 44.6. The van der Waals surface area contributed by atoms with Gasteiger partial charge in [-0.05, 0) is 89.8 Å². The molecule has 2 bridgehead atoms.